The van der Waals surface area contributed by atoms with E-state index in [1.807, 2.05) is 69.3 Å². The zero-order chi connectivity index (χ0) is 25.2. The van der Waals surface area contributed by atoms with E-state index in [9.17, 15) is 8.42 Å². The smallest absolute Gasteiger partial charge is 0.265 e. The fourth-order valence-corrected chi connectivity index (χ4v) is 5.28. The molecule has 4 rings (SSSR count). The fraction of sp³-hybridized carbons (Fsp3) is 0.148. The largest absolute Gasteiger partial charge is 0.495 e. The van der Waals surface area contributed by atoms with Gasteiger partial charge in [-0.05, 0) is 50.1 Å². The van der Waals surface area contributed by atoms with E-state index in [1.54, 1.807) is 12.1 Å². The van der Waals surface area contributed by atoms with Gasteiger partial charge < -0.3 is 14.6 Å². The molecule has 180 valence electrons. The average Bonchev–Trinajstić information content (AvgIpc) is 3.23. The van der Waals surface area contributed by atoms with Gasteiger partial charge in [-0.15, -0.1) is 0 Å². The van der Waals surface area contributed by atoms with Gasteiger partial charge in [0.15, 0.2) is 5.76 Å². The molecule has 0 bridgehead atoms. The van der Waals surface area contributed by atoms with Gasteiger partial charge in [0.1, 0.15) is 10.6 Å². The summed E-state index contributed by atoms with van der Waals surface area (Å²) in [5, 5.41) is 7.30. The first-order valence-electron chi connectivity index (χ1n) is 11.0. The predicted molar refractivity (Wildman–Crippen MR) is 139 cm³/mol. The molecular weight excluding hydrogens is 462 g/mol. The number of hydrogen-bond donors (Lipinski definition) is 2. The van der Waals surface area contributed by atoms with Crippen LogP contribution in [0.4, 0.5) is 11.4 Å². The lowest BCUT2D eigenvalue weighted by Crippen LogP contribution is -2.16. The molecule has 0 saturated heterocycles. The third kappa shape index (κ3) is 4.93. The Labute approximate surface area is 205 Å². The van der Waals surface area contributed by atoms with Crippen LogP contribution in [-0.4, -0.2) is 20.7 Å². The van der Waals surface area contributed by atoms with Crippen molar-refractivity contribution < 1.29 is 17.7 Å². The fourth-order valence-electron chi connectivity index (χ4n) is 3.88. The second kappa shape index (κ2) is 9.68. The molecule has 0 spiro atoms. The SMILES string of the molecule is C=C(Nc1ccc(OC)c(S(=O)(=O)Nc2c(C)cccc2C)c1)c1c(C)noc1-c1ccccc1. The van der Waals surface area contributed by atoms with E-state index in [1.165, 1.54) is 13.2 Å². The summed E-state index contributed by atoms with van der Waals surface area (Å²) in [6, 6.07) is 20.0. The lowest BCUT2D eigenvalue weighted by atomic mass is 10.0. The summed E-state index contributed by atoms with van der Waals surface area (Å²) in [6.07, 6.45) is 0. The van der Waals surface area contributed by atoms with Crippen molar-refractivity contribution in [3.8, 4) is 17.1 Å². The van der Waals surface area contributed by atoms with E-state index >= 15 is 0 Å². The maximum absolute atomic E-state index is 13.4. The Balaban J connectivity index is 1.68. The molecule has 0 aliphatic rings. The van der Waals surface area contributed by atoms with E-state index in [0.717, 1.165) is 16.7 Å². The first-order chi connectivity index (χ1) is 16.7. The topological polar surface area (TPSA) is 93.5 Å². The van der Waals surface area contributed by atoms with Crippen LogP contribution in [-0.2, 0) is 10.0 Å². The van der Waals surface area contributed by atoms with Crippen LogP contribution in [0, 0.1) is 20.8 Å². The molecule has 4 aromatic rings. The molecule has 0 unspecified atom stereocenters. The molecule has 0 fully saturated rings. The first kappa shape index (κ1) is 24.1. The number of aromatic nitrogens is 1. The molecule has 3 aromatic carbocycles. The summed E-state index contributed by atoms with van der Waals surface area (Å²) in [4.78, 5) is 0.00535. The van der Waals surface area contributed by atoms with E-state index in [2.05, 4.69) is 21.8 Å². The Morgan fingerprint density at radius 2 is 1.66 bits per heavy atom. The molecule has 8 heteroatoms. The molecule has 2 N–H and O–H groups in total. The van der Waals surface area contributed by atoms with Gasteiger partial charge in [0.25, 0.3) is 10.0 Å². The second-order valence-electron chi connectivity index (χ2n) is 8.18. The number of ether oxygens (including phenoxy) is 1. The van der Waals surface area contributed by atoms with E-state index in [4.69, 9.17) is 9.26 Å². The maximum atomic E-state index is 13.4. The van der Waals surface area contributed by atoms with Crippen molar-refractivity contribution in [3.63, 3.8) is 0 Å². The number of aryl methyl sites for hydroxylation is 3. The normalized spacial score (nSPS) is 11.2. The minimum absolute atomic E-state index is 0.00535. The molecular formula is C27H27N3O4S. The summed E-state index contributed by atoms with van der Waals surface area (Å²) in [6.45, 7) is 9.70. The van der Waals surface area contributed by atoms with Crippen LogP contribution in [0.2, 0.25) is 0 Å². The van der Waals surface area contributed by atoms with Crippen molar-refractivity contribution in [2.24, 2.45) is 0 Å². The Hall–Kier alpha value is -4.04. The number of nitrogens with one attached hydrogen (secondary N) is 2. The van der Waals surface area contributed by atoms with E-state index in [0.29, 0.717) is 34.1 Å². The van der Waals surface area contributed by atoms with Crippen LogP contribution >= 0.6 is 0 Å². The Kier molecular flexibility index (Phi) is 6.66. The summed E-state index contributed by atoms with van der Waals surface area (Å²) in [5.41, 5.74) is 5.49. The predicted octanol–water partition coefficient (Wildman–Crippen LogP) is 6.16. The Morgan fingerprint density at radius 1 is 0.971 bits per heavy atom. The number of methoxy groups -OCH3 is 1. The van der Waals surface area contributed by atoms with Gasteiger partial charge in [-0.2, -0.15) is 0 Å². The summed E-state index contributed by atoms with van der Waals surface area (Å²) >= 11 is 0. The summed E-state index contributed by atoms with van der Waals surface area (Å²) in [7, 11) is -2.51. The van der Waals surface area contributed by atoms with Crippen LogP contribution < -0.4 is 14.8 Å². The Morgan fingerprint density at radius 3 is 2.31 bits per heavy atom. The van der Waals surface area contributed by atoms with Gasteiger partial charge >= 0.3 is 0 Å². The quantitative estimate of drug-likeness (QED) is 0.308. The maximum Gasteiger partial charge on any atom is 0.265 e. The van der Waals surface area contributed by atoms with Crippen molar-refractivity contribution in [3.05, 3.63) is 95.7 Å². The van der Waals surface area contributed by atoms with Crippen LogP contribution in [0.15, 0.2) is 82.7 Å². The highest BCUT2D eigenvalue weighted by molar-refractivity contribution is 7.92. The molecule has 0 atom stereocenters. The highest BCUT2D eigenvalue weighted by Gasteiger charge is 2.23. The van der Waals surface area contributed by atoms with Crippen LogP contribution in [0.5, 0.6) is 5.75 Å². The van der Waals surface area contributed by atoms with Gasteiger partial charge in [0.2, 0.25) is 0 Å². The van der Waals surface area contributed by atoms with Crippen molar-refractivity contribution in [1.29, 1.82) is 0 Å². The second-order valence-corrected chi connectivity index (χ2v) is 9.83. The highest BCUT2D eigenvalue weighted by atomic mass is 32.2. The zero-order valence-electron chi connectivity index (χ0n) is 20.0. The summed E-state index contributed by atoms with van der Waals surface area (Å²) in [5.74, 6) is 0.810. The number of sulfonamides is 1. The van der Waals surface area contributed by atoms with Gasteiger partial charge in [-0.1, -0.05) is 60.3 Å². The van der Waals surface area contributed by atoms with Crippen molar-refractivity contribution in [2.45, 2.75) is 25.7 Å². The molecule has 1 heterocycles. The molecule has 7 nitrogen and oxygen atoms in total. The van der Waals surface area contributed by atoms with Gasteiger partial charge in [0.05, 0.1) is 24.1 Å². The molecule has 0 aliphatic heterocycles. The van der Waals surface area contributed by atoms with Gasteiger partial charge in [-0.25, -0.2) is 8.42 Å². The van der Waals surface area contributed by atoms with Crippen molar-refractivity contribution >= 4 is 27.1 Å². The average molecular weight is 490 g/mol. The molecule has 0 amide bonds. The molecule has 1 aromatic heterocycles. The summed E-state index contributed by atoms with van der Waals surface area (Å²) < 4.78 is 40.4. The van der Waals surface area contributed by atoms with Gasteiger partial charge in [0, 0.05) is 16.9 Å². The molecule has 0 radical (unpaired) electrons. The molecule has 0 aliphatic carbocycles. The van der Waals surface area contributed by atoms with Crippen LogP contribution in [0.25, 0.3) is 17.0 Å². The Bertz CT molecular complexity index is 1470. The number of para-hydroxylation sites is 1. The number of hydrogen-bond acceptors (Lipinski definition) is 6. The number of rotatable bonds is 8. The lowest BCUT2D eigenvalue weighted by Gasteiger charge is -2.17. The third-order valence-corrected chi connectivity index (χ3v) is 7.04. The minimum Gasteiger partial charge on any atom is -0.495 e. The number of nitrogens with zero attached hydrogens (tertiary/aromatic N) is 1. The molecule has 35 heavy (non-hydrogen) atoms. The number of anilines is 2. The van der Waals surface area contributed by atoms with Gasteiger partial charge in [-0.3, -0.25) is 4.72 Å². The van der Waals surface area contributed by atoms with Crippen molar-refractivity contribution in [2.75, 3.05) is 17.1 Å². The monoisotopic (exact) mass is 489 g/mol. The van der Waals surface area contributed by atoms with E-state index in [-0.39, 0.29) is 10.6 Å². The van der Waals surface area contributed by atoms with Crippen LogP contribution in [0.3, 0.4) is 0 Å². The van der Waals surface area contributed by atoms with Crippen molar-refractivity contribution in [1.82, 2.24) is 5.16 Å². The minimum atomic E-state index is -3.95. The molecule has 0 saturated carbocycles. The lowest BCUT2D eigenvalue weighted by molar-refractivity contribution is 0.403. The first-order valence-corrected chi connectivity index (χ1v) is 12.4. The highest BCUT2D eigenvalue weighted by Crippen LogP contribution is 2.34. The standard InChI is InChI=1S/C27H27N3O4S/c1-17-10-9-11-18(2)26(17)30-35(31,32)24-16-22(14-15-23(24)33-5)28-19(3)25-20(4)29-34-27(25)21-12-7-6-8-13-21/h6-16,28,30H,3H2,1-2,4-5H3. The van der Waals surface area contributed by atoms with E-state index < -0.39 is 10.0 Å². The number of benzene rings is 3. The zero-order valence-corrected chi connectivity index (χ0v) is 20.9. The third-order valence-electron chi connectivity index (χ3n) is 5.67. The van der Waals surface area contributed by atoms with Crippen LogP contribution in [0.1, 0.15) is 22.4 Å².